The van der Waals surface area contributed by atoms with Crippen LogP contribution in [-0.4, -0.2) is 11.1 Å². The van der Waals surface area contributed by atoms with Gasteiger partial charge in [0.25, 0.3) is 0 Å². The van der Waals surface area contributed by atoms with Gasteiger partial charge in [0, 0.05) is 5.69 Å². The highest BCUT2D eigenvalue weighted by atomic mass is 35.5. The lowest BCUT2D eigenvalue weighted by Crippen LogP contribution is -2.05. The molecule has 6 heteroatoms. The number of nitrogens with one attached hydrogen (secondary N) is 1. The molecule has 4 nitrogen and oxygen atoms in total. The number of carboxylic acids is 1. The predicted octanol–water partition coefficient (Wildman–Crippen LogP) is 3.50. The maximum Gasteiger partial charge on any atom is 0.337 e. The van der Waals surface area contributed by atoms with Crippen LogP contribution in [0.4, 0.5) is 21.5 Å². The molecule has 0 atom stereocenters. The van der Waals surface area contributed by atoms with Crippen molar-refractivity contribution in [3.63, 3.8) is 0 Å². The van der Waals surface area contributed by atoms with Gasteiger partial charge >= 0.3 is 5.97 Å². The van der Waals surface area contributed by atoms with Crippen molar-refractivity contribution in [2.24, 2.45) is 0 Å². The number of para-hydroxylation sites is 1. The van der Waals surface area contributed by atoms with Gasteiger partial charge < -0.3 is 16.2 Å². The molecule has 0 heterocycles. The van der Waals surface area contributed by atoms with Crippen LogP contribution < -0.4 is 11.1 Å². The maximum atomic E-state index is 13.5. The lowest BCUT2D eigenvalue weighted by atomic mass is 10.1. The van der Waals surface area contributed by atoms with E-state index in [0.29, 0.717) is 0 Å². The van der Waals surface area contributed by atoms with Crippen molar-refractivity contribution in [2.45, 2.75) is 0 Å². The Morgan fingerprint density at radius 3 is 2.63 bits per heavy atom. The minimum atomic E-state index is -1.20. The van der Waals surface area contributed by atoms with Crippen molar-refractivity contribution in [3.8, 4) is 0 Å². The number of hydrogen-bond donors (Lipinski definition) is 3. The van der Waals surface area contributed by atoms with Crippen LogP contribution in [0, 0.1) is 5.82 Å². The summed E-state index contributed by atoms with van der Waals surface area (Å²) in [5.41, 5.74) is 5.89. The van der Waals surface area contributed by atoms with Gasteiger partial charge in [0.15, 0.2) is 0 Å². The maximum absolute atomic E-state index is 13.5. The number of aromatic carboxylic acids is 1. The molecular weight excluding hydrogens is 271 g/mol. The summed E-state index contributed by atoms with van der Waals surface area (Å²) < 4.78 is 13.5. The zero-order valence-electron chi connectivity index (χ0n) is 9.65. The second kappa shape index (κ2) is 5.16. The molecule has 4 N–H and O–H groups in total. The van der Waals surface area contributed by atoms with Crippen LogP contribution in [0.5, 0.6) is 0 Å². The summed E-state index contributed by atoms with van der Waals surface area (Å²) >= 11 is 5.95. The van der Waals surface area contributed by atoms with Crippen molar-refractivity contribution in [2.75, 3.05) is 11.1 Å². The molecule has 0 aromatic heterocycles. The third-order valence-electron chi connectivity index (χ3n) is 2.48. The van der Waals surface area contributed by atoms with Crippen molar-refractivity contribution in [1.82, 2.24) is 0 Å². The number of hydrogen-bond acceptors (Lipinski definition) is 3. The van der Waals surface area contributed by atoms with Gasteiger partial charge in [-0.2, -0.15) is 0 Å². The normalized spacial score (nSPS) is 10.2. The summed E-state index contributed by atoms with van der Waals surface area (Å²) in [4.78, 5) is 11.2. The highest BCUT2D eigenvalue weighted by molar-refractivity contribution is 6.34. The molecule has 19 heavy (non-hydrogen) atoms. The predicted molar refractivity (Wildman–Crippen MR) is 72.5 cm³/mol. The molecular formula is C13H10ClFN2O2. The van der Waals surface area contributed by atoms with Gasteiger partial charge in [-0.25, -0.2) is 9.18 Å². The fraction of sp³-hybridized carbons (Fsp3) is 0. The van der Waals surface area contributed by atoms with Gasteiger partial charge in [-0.05, 0) is 24.3 Å². The summed E-state index contributed by atoms with van der Waals surface area (Å²) in [7, 11) is 0. The highest BCUT2D eigenvalue weighted by Gasteiger charge is 2.16. The third kappa shape index (κ3) is 2.77. The second-order valence-corrected chi connectivity index (χ2v) is 4.24. The Kier molecular flexibility index (Phi) is 3.57. The molecule has 0 amide bonds. The largest absolute Gasteiger partial charge is 0.478 e. The molecule has 0 aliphatic carbocycles. The van der Waals surface area contributed by atoms with E-state index in [-0.39, 0.29) is 27.6 Å². The van der Waals surface area contributed by atoms with Crippen LogP contribution in [0.15, 0.2) is 36.4 Å². The molecule has 2 aromatic carbocycles. The van der Waals surface area contributed by atoms with E-state index in [2.05, 4.69) is 5.32 Å². The minimum absolute atomic E-state index is 0.105. The number of anilines is 3. The average Bonchev–Trinajstić information content (AvgIpc) is 2.34. The Hall–Kier alpha value is -2.27. The Bertz CT molecular complexity index is 647. The van der Waals surface area contributed by atoms with E-state index >= 15 is 0 Å². The Balaban J connectivity index is 2.51. The SMILES string of the molecule is Nc1cc(Cl)c(Nc2ccccc2F)c(C(=O)O)c1. The first kappa shape index (κ1) is 13.2. The third-order valence-corrected chi connectivity index (χ3v) is 2.77. The summed E-state index contributed by atoms with van der Waals surface area (Å²) in [6.07, 6.45) is 0. The topological polar surface area (TPSA) is 75.3 Å². The molecule has 2 aromatic rings. The van der Waals surface area contributed by atoms with Crippen molar-refractivity contribution < 1.29 is 14.3 Å². The van der Waals surface area contributed by atoms with E-state index in [9.17, 15) is 9.18 Å². The monoisotopic (exact) mass is 280 g/mol. The number of halogens is 2. The number of nitrogen functional groups attached to an aromatic ring is 1. The van der Waals surface area contributed by atoms with Crippen LogP contribution in [0.25, 0.3) is 0 Å². The van der Waals surface area contributed by atoms with Crippen LogP contribution >= 0.6 is 11.6 Å². The first-order valence-corrected chi connectivity index (χ1v) is 5.70. The smallest absolute Gasteiger partial charge is 0.337 e. The molecule has 0 fully saturated rings. The summed E-state index contributed by atoms with van der Waals surface area (Å²) in [6.45, 7) is 0. The Labute approximate surface area is 113 Å². The molecule has 0 aliphatic heterocycles. The molecule has 0 radical (unpaired) electrons. The number of rotatable bonds is 3. The molecule has 0 bridgehead atoms. The first-order valence-electron chi connectivity index (χ1n) is 5.33. The fourth-order valence-electron chi connectivity index (χ4n) is 1.62. The van der Waals surface area contributed by atoms with E-state index in [1.165, 1.54) is 30.3 Å². The standard InChI is InChI=1S/C13H10ClFN2O2/c14-9-6-7(16)5-8(13(18)19)12(9)17-11-4-2-1-3-10(11)15/h1-6,17H,16H2,(H,18,19). The average molecular weight is 281 g/mol. The van der Waals surface area contributed by atoms with Crippen LogP contribution in [0.3, 0.4) is 0 Å². The molecule has 2 rings (SSSR count). The van der Waals surface area contributed by atoms with E-state index in [1.807, 2.05) is 0 Å². The fourth-order valence-corrected chi connectivity index (χ4v) is 1.90. The number of carboxylic acid groups (broad SMARTS) is 1. The van der Waals surface area contributed by atoms with Crippen LogP contribution in [0.2, 0.25) is 5.02 Å². The van der Waals surface area contributed by atoms with Gasteiger partial charge in [0.05, 0.1) is 22.0 Å². The van der Waals surface area contributed by atoms with E-state index in [1.54, 1.807) is 6.07 Å². The molecule has 0 aliphatic rings. The Morgan fingerprint density at radius 2 is 2.00 bits per heavy atom. The van der Waals surface area contributed by atoms with Crippen molar-refractivity contribution in [1.29, 1.82) is 0 Å². The van der Waals surface area contributed by atoms with Gasteiger partial charge in [-0.3, -0.25) is 0 Å². The quantitative estimate of drug-likeness (QED) is 0.752. The van der Waals surface area contributed by atoms with Gasteiger partial charge in [-0.15, -0.1) is 0 Å². The Morgan fingerprint density at radius 1 is 1.32 bits per heavy atom. The van der Waals surface area contributed by atoms with E-state index in [4.69, 9.17) is 22.4 Å². The molecule has 0 saturated carbocycles. The van der Waals surface area contributed by atoms with Crippen molar-refractivity contribution in [3.05, 3.63) is 52.8 Å². The summed E-state index contributed by atoms with van der Waals surface area (Å²) in [5, 5.41) is 11.9. The first-order chi connectivity index (χ1) is 8.99. The highest BCUT2D eigenvalue weighted by Crippen LogP contribution is 2.32. The molecule has 98 valence electrons. The van der Waals surface area contributed by atoms with Gasteiger partial charge in [0.1, 0.15) is 5.82 Å². The van der Waals surface area contributed by atoms with Gasteiger partial charge in [0.2, 0.25) is 0 Å². The van der Waals surface area contributed by atoms with Crippen molar-refractivity contribution >= 4 is 34.6 Å². The number of nitrogens with two attached hydrogens (primary N) is 1. The van der Waals surface area contributed by atoms with E-state index < -0.39 is 11.8 Å². The zero-order chi connectivity index (χ0) is 14.0. The molecule has 0 unspecified atom stereocenters. The van der Waals surface area contributed by atoms with Crippen LogP contribution in [0.1, 0.15) is 10.4 Å². The van der Waals surface area contributed by atoms with Gasteiger partial charge in [-0.1, -0.05) is 23.7 Å². The molecule has 0 saturated heterocycles. The second-order valence-electron chi connectivity index (χ2n) is 3.84. The minimum Gasteiger partial charge on any atom is -0.478 e. The summed E-state index contributed by atoms with van der Waals surface area (Å²) in [5.74, 6) is -1.71. The lowest BCUT2D eigenvalue weighted by molar-refractivity contribution is 0.0698. The number of carbonyl (C=O) groups is 1. The van der Waals surface area contributed by atoms with E-state index in [0.717, 1.165) is 0 Å². The molecule has 0 spiro atoms. The summed E-state index contributed by atoms with van der Waals surface area (Å²) in [6, 6.07) is 8.55. The number of benzene rings is 2. The lowest BCUT2D eigenvalue weighted by Gasteiger charge is -2.13. The zero-order valence-corrected chi connectivity index (χ0v) is 10.4. The van der Waals surface area contributed by atoms with Crippen LogP contribution in [-0.2, 0) is 0 Å².